The van der Waals surface area contributed by atoms with Crippen LogP contribution in [0.25, 0.3) is 11.1 Å². The molecule has 22 heavy (non-hydrogen) atoms. The van der Waals surface area contributed by atoms with Gasteiger partial charge in [-0.25, -0.2) is 14.2 Å². The molecule has 1 aliphatic heterocycles. The van der Waals surface area contributed by atoms with E-state index in [4.69, 9.17) is 13.9 Å². The smallest absolute Gasteiger partial charge is 0.336 e. The average molecular weight is 308 g/mol. The summed E-state index contributed by atoms with van der Waals surface area (Å²) in [5, 5.41) is 0. The van der Waals surface area contributed by atoms with Gasteiger partial charge >= 0.3 is 5.97 Å². The van der Waals surface area contributed by atoms with Gasteiger partial charge in [0.05, 0.1) is 19.8 Å². The third-order valence-corrected chi connectivity index (χ3v) is 3.55. The van der Waals surface area contributed by atoms with E-state index in [1.165, 1.54) is 19.2 Å². The molecule has 1 fully saturated rings. The standard InChI is InChI=1S/C15H17FN2O4/c1-9-6-18(7-13(21-9)15(19)20-2)8-14-17-11-5-10(16)3-4-12(11)22-14/h3-5,9,13H,6-8H2,1-2H3/t9-,13+/m1/s1. The van der Waals surface area contributed by atoms with Crippen LogP contribution in [-0.2, 0) is 20.8 Å². The number of oxazole rings is 1. The number of morpholine rings is 1. The van der Waals surface area contributed by atoms with E-state index < -0.39 is 12.1 Å². The van der Waals surface area contributed by atoms with Gasteiger partial charge in [0.2, 0.25) is 5.89 Å². The first-order chi connectivity index (χ1) is 10.5. The van der Waals surface area contributed by atoms with E-state index in [2.05, 4.69) is 4.98 Å². The number of halogens is 1. The van der Waals surface area contributed by atoms with Crippen LogP contribution in [-0.4, -0.2) is 48.3 Å². The second kappa shape index (κ2) is 6.02. The fraction of sp³-hybridized carbons (Fsp3) is 0.467. The van der Waals surface area contributed by atoms with Crippen LogP contribution in [0.2, 0.25) is 0 Å². The highest BCUT2D eigenvalue weighted by atomic mass is 19.1. The Hall–Kier alpha value is -1.99. The monoisotopic (exact) mass is 308 g/mol. The van der Waals surface area contributed by atoms with Crippen molar-refractivity contribution < 1.29 is 23.1 Å². The van der Waals surface area contributed by atoms with E-state index >= 15 is 0 Å². The number of methoxy groups -OCH3 is 1. The van der Waals surface area contributed by atoms with Crippen molar-refractivity contribution in [3.8, 4) is 0 Å². The lowest BCUT2D eigenvalue weighted by molar-refractivity contribution is -0.166. The fourth-order valence-electron chi connectivity index (χ4n) is 2.64. The van der Waals surface area contributed by atoms with E-state index in [1.54, 1.807) is 6.07 Å². The molecule has 1 aliphatic rings. The molecule has 0 amide bonds. The molecule has 3 rings (SSSR count). The lowest BCUT2D eigenvalue weighted by Crippen LogP contribution is -2.49. The predicted octanol–water partition coefficient (Wildman–Crippen LogP) is 1.73. The minimum Gasteiger partial charge on any atom is -0.467 e. The van der Waals surface area contributed by atoms with Crippen molar-refractivity contribution in [1.82, 2.24) is 9.88 Å². The van der Waals surface area contributed by atoms with Gasteiger partial charge < -0.3 is 13.9 Å². The highest BCUT2D eigenvalue weighted by molar-refractivity contribution is 5.75. The number of rotatable bonds is 3. The summed E-state index contributed by atoms with van der Waals surface area (Å²) in [6, 6.07) is 4.23. The average Bonchev–Trinajstić information content (AvgIpc) is 2.86. The number of fused-ring (bicyclic) bond motifs is 1. The number of carbonyl (C=O) groups is 1. The van der Waals surface area contributed by atoms with Gasteiger partial charge in [-0.15, -0.1) is 0 Å². The summed E-state index contributed by atoms with van der Waals surface area (Å²) in [5.41, 5.74) is 1.03. The first-order valence-electron chi connectivity index (χ1n) is 7.06. The normalized spacial score (nSPS) is 22.9. The Bertz CT molecular complexity index is 687. The molecule has 0 spiro atoms. The zero-order chi connectivity index (χ0) is 15.7. The van der Waals surface area contributed by atoms with E-state index in [-0.39, 0.29) is 11.9 Å². The van der Waals surface area contributed by atoms with Crippen molar-refractivity contribution in [3.63, 3.8) is 0 Å². The summed E-state index contributed by atoms with van der Waals surface area (Å²) < 4.78 is 29.1. The van der Waals surface area contributed by atoms with E-state index in [9.17, 15) is 9.18 Å². The number of aromatic nitrogens is 1. The van der Waals surface area contributed by atoms with Crippen molar-refractivity contribution >= 4 is 17.1 Å². The van der Waals surface area contributed by atoms with Crippen LogP contribution in [0.4, 0.5) is 4.39 Å². The topological polar surface area (TPSA) is 64.8 Å². The highest BCUT2D eigenvalue weighted by Gasteiger charge is 2.31. The molecule has 6 nitrogen and oxygen atoms in total. The summed E-state index contributed by atoms with van der Waals surface area (Å²) in [6.07, 6.45) is -0.713. The van der Waals surface area contributed by atoms with Gasteiger partial charge in [-0.1, -0.05) is 0 Å². The molecule has 0 aliphatic carbocycles. The maximum absolute atomic E-state index is 13.2. The van der Waals surface area contributed by atoms with Gasteiger partial charge in [0, 0.05) is 19.2 Å². The molecular weight excluding hydrogens is 291 g/mol. The molecule has 0 saturated carbocycles. The second-order valence-electron chi connectivity index (χ2n) is 5.37. The van der Waals surface area contributed by atoms with Crippen LogP contribution in [0.5, 0.6) is 0 Å². The number of ether oxygens (including phenoxy) is 2. The Kier molecular flexibility index (Phi) is 4.08. The number of nitrogens with zero attached hydrogens (tertiary/aromatic N) is 2. The largest absolute Gasteiger partial charge is 0.467 e. The molecule has 0 unspecified atom stereocenters. The minimum absolute atomic E-state index is 0.0975. The molecule has 1 aromatic carbocycles. The Morgan fingerprint density at radius 1 is 1.50 bits per heavy atom. The zero-order valence-electron chi connectivity index (χ0n) is 12.4. The molecule has 118 valence electrons. The van der Waals surface area contributed by atoms with E-state index in [0.29, 0.717) is 36.6 Å². The maximum Gasteiger partial charge on any atom is 0.336 e. The number of benzene rings is 1. The number of esters is 1. The summed E-state index contributed by atoms with van der Waals surface area (Å²) in [7, 11) is 1.34. The molecule has 2 heterocycles. The van der Waals surface area contributed by atoms with Gasteiger partial charge in [0.25, 0.3) is 0 Å². The minimum atomic E-state index is -0.615. The van der Waals surface area contributed by atoms with E-state index in [0.717, 1.165) is 0 Å². The molecule has 2 aromatic rings. The molecule has 1 aromatic heterocycles. The molecule has 2 atom stereocenters. The second-order valence-corrected chi connectivity index (χ2v) is 5.37. The molecule has 0 N–H and O–H groups in total. The van der Waals surface area contributed by atoms with Crippen LogP contribution in [0.1, 0.15) is 12.8 Å². The van der Waals surface area contributed by atoms with Crippen LogP contribution in [0.3, 0.4) is 0 Å². The van der Waals surface area contributed by atoms with Crippen molar-refractivity contribution in [3.05, 3.63) is 29.9 Å². The van der Waals surface area contributed by atoms with Crippen LogP contribution >= 0.6 is 0 Å². The number of hydrogen-bond acceptors (Lipinski definition) is 6. The summed E-state index contributed by atoms with van der Waals surface area (Å²) in [6.45, 7) is 3.38. The van der Waals surface area contributed by atoms with Crippen LogP contribution in [0.15, 0.2) is 22.6 Å². The fourth-order valence-corrected chi connectivity index (χ4v) is 2.64. The lowest BCUT2D eigenvalue weighted by atomic mass is 10.2. The molecule has 0 radical (unpaired) electrons. The van der Waals surface area contributed by atoms with Crippen molar-refractivity contribution in [2.24, 2.45) is 0 Å². The van der Waals surface area contributed by atoms with Crippen LogP contribution < -0.4 is 0 Å². The maximum atomic E-state index is 13.2. The van der Waals surface area contributed by atoms with Crippen LogP contribution in [0, 0.1) is 5.82 Å². The lowest BCUT2D eigenvalue weighted by Gasteiger charge is -2.34. The van der Waals surface area contributed by atoms with E-state index in [1.807, 2.05) is 11.8 Å². The molecular formula is C15H17FN2O4. The Morgan fingerprint density at radius 2 is 2.32 bits per heavy atom. The van der Waals surface area contributed by atoms with Crippen molar-refractivity contribution in [2.75, 3.05) is 20.2 Å². The first kappa shape index (κ1) is 14.9. The summed E-state index contributed by atoms with van der Waals surface area (Å²) >= 11 is 0. The Labute approximate surface area is 126 Å². The summed E-state index contributed by atoms with van der Waals surface area (Å²) in [5.74, 6) is -0.257. The van der Waals surface area contributed by atoms with Gasteiger partial charge in [-0.2, -0.15) is 0 Å². The third-order valence-electron chi connectivity index (χ3n) is 3.55. The summed E-state index contributed by atoms with van der Waals surface area (Å²) in [4.78, 5) is 17.9. The highest BCUT2D eigenvalue weighted by Crippen LogP contribution is 2.20. The van der Waals surface area contributed by atoms with Gasteiger partial charge in [-0.3, -0.25) is 4.90 Å². The molecule has 0 bridgehead atoms. The van der Waals surface area contributed by atoms with Crippen molar-refractivity contribution in [1.29, 1.82) is 0 Å². The number of carbonyl (C=O) groups excluding carboxylic acids is 1. The SMILES string of the molecule is COC(=O)[C@@H]1CN(Cc2nc3cc(F)ccc3o2)C[C@@H](C)O1. The Morgan fingerprint density at radius 3 is 3.09 bits per heavy atom. The van der Waals surface area contributed by atoms with Crippen molar-refractivity contribution in [2.45, 2.75) is 25.7 Å². The van der Waals surface area contributed by atoms with Gasteiger partial charge in [-0.05, 0) is 19.1 Å². The number of hydrogen-bond donors (Lipinski definition) is 0. The zero-order valence-corrected chi connectivity index (χ0v) is 12.4. The molecule has 1 saturated heterocycles. The third kappa shape index (κ3) is 3.10. The Balaban J connectivity index is 1.74. The molecule has 7 heteroatoms. The predicted molar refractivity (Wildman–Crippen MR) is 75.6 cm³/mol. The van der Waals surface area contributed by atoms with Gasteiger partial charge in [0.15, 0.2) is 11.7 Å². The first-order valence-corrected chi connectivity index (χ1v) is 7.06. The quantitative estimate of drug-likeness (QED) is 0.805. The van der Waals surface area contributed by atoms with Gasteiger partial charge in [0.1, 0.15) is 11.3 Å².